The quantitative estimate of drug-likeness (QED) is 0.739. The number of carbonyl (C=O) groups excluding carboxylic acids is 1. The number of hydrogen-bond donors (Lipinski definition) is 2. The second-order valence-electron chi connectivity index (χ2n) is 2.92. The van der Waals surface area contributed by atoms with Crippen LogP contribution in [0.15, 0.2) is 6.07 Å². The highest BCUT2D eigenvalue weighted by Crippen LogP contribution is 2.26. The van der Waals surface area contributed by atoms with E-state index >= 15 is 0 Å². The van der Waals surface area contributed by atoms with Gasteiger partial charge in [-0.25, -0.2) is 4.79 Å². The van der Waals surface area contributed by atoms with Crippen molar-refractivity contribution in [3.63, 3.8) is 0 Å². The summed E-state index contributed by atoms with van der Waals surface area (Å²) in [5.74, 6) is -1.04. The van der Waals surface area contributed by atoms with Gasteiger partial charge in [-0.3, -0.25) is 4.79 Å². The van der Waals surface area contributed by atoms with Gasteiger partial charge in [0.1, 0.15) is 0 Å². The third-order valence-corrected chi connectivity index (χ3v) is 2.85. The normalized spacial score (nSPS) is 12.1. The van der Waals surface area contributed by atoms with Crippen LogP contribution < -0.4 is 5.32 Å². The molecular formula is C9H11NO3S. The van der Waals surface area contributed by atoms with Crippen LogP contribution in [0.4, 0.5) is 0 Å². The number of carbonyl (C=O) groups is 2. The Kier molecular flexibility index (Phi) is 3.24. The predicted molar refractivity (Wildman–Crippen MR) is 53.4 cm³/mol. The first kappa shape index (κ1) is 10.7. The molecule has 0 aromatic carbocycles. The molecule has 0 aliphatic carbocycles. The van der Waals surface area contributed by atoms with Crippen LogP contribution in [0.2, 0.25) is 0 Å². The fourth-order valence-electron chi connectivity index (χ4n) is 1.30. The molecule has 1 amide bonds. The number of carboxylic acids is 1. The lowest BCUT2D eigenvalue weighted by molar-refractivity contribution is -0.140. The van der Waals surface area contributed by atoms with Crippen molar-refractivity contribution in [2.75, 3.05) is 0 Å². The molecule has 5 heteroatoms. The highest BCUT2D eigenvalue weighted by Gasteiger charge is 2.21. The van der Waals surface area contributed by atoms with E-state index in [1.165, 1.54) is 11.3 Å². The molecule has 1 unspecified atom stereocenters. The standard InChI is InChI=1S/C9H11NO3S/c1-5-3-7(6(2)14-5)8(9(12)13)10-4-11/h3-4,8H,1-2H3,(H,10,11)(H,12,13). The summed E-state index contributed by atoms with van der Waals surface area (Å²) in [6.45, 7) is 3.75. The Balaban J connectivity index is 3.03. The molecule has 0 fully saturated rings. The smallest absolute Gasteiger partial charge is 0.330 e. The molecule has 14 heavy (non-hydrogen) atoms. The molecule has 2 N–H and O–H groups in total. The molecule has 0 saturated heterocycles. The van der Waals surface area contributed by atoms with Crippen LogP contribution in [0.25, 0.3) is 0 Å². The predicted octanol–water partition coefficient (Wildman–Crippen LogP) is 1.24. The van der Waals surface area contributed by atoms with Crippen LogP contribution in [-0.2, 0) is 9.59 Å². The summed E-state index contributed by atoms with van der Waals surface area (Å²) in [5.41, 5.74) is 0.659. The second kappa shape index (κ2) is 4.23. The summed E-state index contributed by atoms with van der Waals surface area (Å²) in [7, 11) is 0. The molecule has 0 bridgehead atoms. The fourth-order valence-corrected chi connectivity index (χ4v) is 2.26. The highest BCUT2D eigenvalue weighted by molar-refractivity contribution is 7.12. The van der Waals surface area contributed by atoms with Crippen LogP contribution in [-0.4, -0.2) is 17.5 Å². The van der Waals surface area contributed by atoms with Crippen molar-refractivity contribution in [2.24, 2.45) is 0 Å². The van der Waals surface area contributed by atoms with Crippen LogP contribution in [0, 0.1) is 13.8 Å². The van der Waals surface area contributed by atoms with E-state index in [9.17, 15) is 9.59 Å². The number of rotatable bonds is 4. The van der Waals surface area contributed by atoms with Crippen molar-refractivity contribution in [1.29, 1.82) is 0 Å². The van der Waals surface area contributed by atoms with Crippen LogP contribution >= 0.6 is 11.3 Å². The monoisotopic (exact) mass is 213 g/mol. The molecule has 0 aliphatic heterocycles. The van der Waals surface area contributed by atoms with Gasteiger partial charge in [0.25, 0.3) is 0 Å². The minimum Gasteiger partial charge on any atom is -0.479 e. The summed E-state index contributed by atoms with van der Waals surface area (Å²) in [6, 6.07) is 0.854. The summed E-state index contributed by atoms with van der Waals surface area (Å²) in [5, 5.41) is 11.2. The molecule has 0 aliphatic rings. The fraction of sp³-hybridized carbons (Fsp3) is 0.333. The first-order valence-electron chi connectivity index (χ1n) is 4.05. The first-order valence-corrected chi connectivity index (χ1v) is 4.87. The molecular weight excluding hydrogens is 202 g/mol. The van der Waals surface area contributed by atoms with Gasteiger partial charge in [0.2, 0.25) is 6.41 Å². The van der Waals surface area contributed by atoms with Gasteiger partial charge in [-0.2, -0.15) is 0 Å². The van der Waals surface area contributed by atoms with Crippen molar-refractivity contribution in [1.82, 2.24) is 5.32 Å². The van der Waals surface area contributed by atoms with Crippen molar-refractivity contribution in [3.05, 3.63) is 21.4 Å². The first-order chi connectivity index (χ1) is 6.56. The number of aryl methyl sites for hydroxylation is 2. The second-order valence-corrected chi connectivity index (χ2v) is 4.38. The number of thiophene rings is 1. The SMILES string of the molecule is Cc1cc(C(NC=O)C(=O)O)c(C)s1. The van der Waals surface area contributed by atoms with Gasteiger partial charge >= 0.3 is 5.97 Å². The zero-order chi connectivity index (χ0) is 10.7. The van der Waals surface area contributed by atoms with Crippen molar-refractivity contribution < 1.29 is 14.7 Å². The lowest BCUT2D eigenvalue weighted by atomic mass is 10.1. The zero-order valence-corrected chi connectivity index (χ0v) is 8.72. The van der Waals surface area contributed by atoms with Crippen molar-refractivity contribution in [2.45, 2.75) is 19.9 Å². The minimum atomic E-state index is -1.04. The van der Waals surface area contributed by atoms with Gasteiger partial charge in [0.15, 0.2) is 6.04 Å². The molecule has 76 valence electrons. The maximum Gasteiger partial charge on any atom is 0.330 e. The Bertz CT molecular complexity index is 359. The number of carboxylic acid groups (broad SMARTS) is 1. The Labute approximate surface area is 85.6 Å². The van der Waals surface area contributed by atoms with E-state index in [1.807, 2.05) is 13.8 Å². The van der Waals surface area contributed by atoms with Crippen LogP contribution in [0.5, 0.6) is 0 Å². The third kappa shape index (κ3) is 2.11. The largest absolute Gasteiger partial charge is 0.479 e. The maximum absolute atomic E-state index is 10.8. The average Bonchev–Trinajstić information content (AvgIpc) is 2.40. The minimum absolute atomic E-state index is 0.408. The van der Waals surface area contributed by atoms with Gasteiger partial charge in [-0.1, -0.05) is 0 Å². The van der Waals surface area contributed by atoms with Crippen molar-refractivity contribution in [3.8, 4) is 0 Å². The maximum atomic E-state index is 10.8. The van der Waals surface area contributed by atoms with Gasteiger partial charge in [0.05, 0.1) is 0 Å². The van der Waals surface area contributed by atoms with E-state index in [4.69, 9.17) is 5.11 Å². The Morgan fingerprint density at radius 3 is 2.64 bits per heavy atom. The molecule has 1 rings (SSSR count). The van der Waals surface area contributed by atoms with E-state index in [0.717, 1.165) is 9.75 Å². The average molecular weight is 213 g/mol. The van der Waals surface area contributed by atoms with Crippen LogP contribution in [0.1, 0.15) is 21.4 Å². The molecule has 1 heterocycles. The van der Waals surface area contributed by atoms with Crippen molar-refractivity contribution >= 4 is 23.7 Å². The molecule has 1 aromatic heterocycles. The third-order valence-electron chi connectivity index (χ3n) is 1.87. The van der Waals surface area contributed by atoms with E-state index in [0.29, 0.717) is 12.0 Å². The Morgan fingerprint density at radius 2 is 2.29 bits per heavy atom. The molecule has 1 atom stereocenters. The summed E-state index contributed by atoms with van der Waals surface area (Å²) >= 11 is 1.52. The molecule has 0 radical (unpaired) electrons. The molecule has 0 spiro atoms. The van der Waals surface area contributed by atoms with E-state index in [2.05, 4.69) is 5.32 Å². The highest BCUT2D eigenvalue weighted by atomic mass is 32.1. The van der Waals surface area contributed by atoms with E-state index in [1.54, 1.807) is 6.07 Å². The number of aliphatic carboxylic acids is 1. The van der Waals surface area contributed by atoms with Crippen LogP contribution in [0.3, 0.4) is 0 Å². The molecule has 1 aromatic rings. The van der Waals surface area contributed by atoms with Gasteiger partial charge in [0, 0.05) is 9.75 Å². The summed E-state index contributed by atoms with van der Waals surface area (Å²) < 4.78 is 0. The number of nitrogens with one attached hydrogen (secondary N) is 1. The zero-order valence-electron chi connectivity index (χ0n) is 7.90. The topological polar surface area (TPSA) is 66.4 Å². The Morgan fingerprint density at radius 1 is 1.64 bits per heavy atom. The lowest BCUT2D eigenvalue weighted by Gasteiger charge is -2.10. The summed E-state index contributed by atoms with van der Waals surface area (Å²) in [6.07, 6.45) is 0.408. The van der Waals surface area contributed by atoms with Gasteiger partial charge < -0.3 is 10.4 Å². The number of hydrogen-bond acceptors (Lipinski definition) is 3. The van der Waals surface area contributed by atoms with Gasteiger partial charge in [-0.15, -0.1) is 11.3 Å². The molecule has 4 nitrogen and oxygen atoms in total. The molecule has 0 saturated carbocycles. The van der Waals surface area contributed by atoms with Gasteiger partial charge in [-0.05, 0) is 25.5 Å². The van der Waals surface area contributed by atoms with E-state index < -0.39 is 12.0 Å². The van der Waals surface area contributed by atoms with E-state index in [-0.39, 0.29) is 0 Å². The summed E-state index contributed by atoms with van der Waals surface area (Å²) in [4.78, 5) is 23.0. The lowest BCUT2D eigenvalue weighted by Crippen LogP contribution is -2.27. The Hall–Kier alpha value is -1.36. The number of amides is 1.